The van der Waals surface area contributed by atoms with Crippen LogP contribution in [0.25, 0.3) is 0 Å². The molecule has 0 saturated carbocycles. The summed E-state index contributed by atoms with van der Waals surface area (Å²) in [6.45, 7) is 9.67. The molecule has 0 aliphatic carbocycles. The van der Waals surface area contributed by atoms with Crippen molar-refractivity contribution in [2.45, 2.75) is 53.1 Å². The van der Waals surface area contributed by atoms with E-state index in [1.54, 1.807) is 11.3 Å². The minimum atomic E-state index is -2.94. The van der Waals surface area contributed by atoms with E-state index in [2.05, 4.69) is 34.5 Å². The molecule has 0 aromatic carbocycles. The molecule has 1 rings (SSSR count). The number of guanidine groups is 1. The Morgan fingerprint density at radius 2 is 2.08 bits per heavy atom. The lowest BCUT2D eigenvalue weighted by Gasteiger charge is -2.17. The van der Waals surface area contributed by atoms with Gasteiger partial charge in [-0.25, -0.2) is 18.4 Å². The topological polar surface area (TPSA) is 83.4 Å². The fourth-order valence-corrected chi connectivity index (χ4v) is 3.88. The third-order valence-electron chi connectivity index (χ3n) is 3.23. The molecule has 24 heavy (non-hydrogen) atoms. The number of rotatable bonds is 9. The van der Waals surface area contributed by atoms with Gasteiger partial charge in [-0.1, -0.05) is 13.8 Å². The van der Waals surface area contributed by atoms with Gasteiger partial charge in [0.2, 0.25) is 0 Å². The van der Waals surface area contributed by atoms with E-state index in [9.17, 15) is 8.42 Å². The molecular formula is C16H30N4O2S2. The smallest absolute Gasteiger partial charge is 0.191 e. The zero-order valence-electron chi connectivity index (χ0n) is 15.3. The molecule has 1 aromatic rings. The van der Waals surface area contributed by atoms with Crippen LogP contribution in [0.2, 0.25) is 0 Å². The maximum Gasteiger partial charge on any atom is 0.191 e. The molecule has 0 fully saturated rings. The molecule has 0 aliphatic rings. The van der Waals surface area contributed by atoms with Crippen LogP contribution in [0.4, 0.5) is 0 Å². The molecule has 0 spiro atoms. The van der Waals surface area contributed by atoms with Crippen LogP contribution in [0.15, 0.2) is 11.2 Å². The second-order valence-electron chi connectivity index (χ2n) is 6.48. The van der Waals surface area contributed by atoms with Crippen molar-refractivity contribution in [2.75, 3.05) is 18.6 Å². The van der Waals surface area contributed by atoms with Gasteiger partial charge in [-0.15, -0.1) is 11.3 Å². The first-order valence-electron chi connectivity index (χ1n) is 8.35. The molecule has 0 amide bonds. The average molecular weight is 375 g/mol. The van der Waals surface area contributed by atoms with Crippen LogP contribution in [0.3, 0.4) is 0 Å². The van der Waals surface area contributed by atoms with Gasteiger partial charge in [-0.3, -0.25) is 0 Å². The Kier molecular flexibility index (Phi) is 8.69. The van der Waals surface area contributed by atoms with Crippen molar-refractivity contribution in [3.8, 4) is 0 Å². The Balaban J connectivity index is 2.59. The molecule has 0 radical (unpaired) electrons. The Morgan fingerprint density at radius 3 is 2.67 bits per heavy atom. The van der Waals surface area contributed by atoms with E-state index >= 15 is 0 Å². The van der Waals surface area contributed by atoms with Crippen LogP contribution in [-0.4, -0.2) is 44.0 Å². The van der Waals surface area contributed by atoms with Crippen LogP contribution in [-0.2, 0) is 22.8 Å². The summed E-state index contributed by atoms with van der Waals surface area (Å²) >= 11 is 1.70. The van der Waals surface area contributed by atoms with Crippen molar-refractivity contribution in [1.82, 2.24) is 15.6 Å². The Bertz CT molecular complexity index is 624. The number of thiazole rings is 1. The zero-order chi connectivity index (χ0) is 18.2. The molecule has 1 unspecified atom stereocenters. The summed E-state index contributed by atoms with van der Waals surface area (Å²) in [4.78, 5) is 10.1. The van der Waals surface area contributed by atoms with E-state index in [0.29, 0.717) is 24.8 Å². The molecular weight excluding hydrogens is 344 g/mol. The molecule has 0 saturated heterocycles. The standard InChI is InChI=1S/C16H30N4O2S2/c1-6-17-16(20-13(4)7-8-24(5,21)22)19-11-14-10-18-15(23-14)9-12(2)3/h10,12-13H,6-9,11H2,1-5H3,(H2,17,19,20). The van der Waals surface area contributed by atoms with E-state index in [4.69, 9.17) is 0 Å². The summed E-state index contributed by atoms with van der Waals surface area (Å²) in [5.41, 5.74) is 0. The maximum absolute atomic E-state index is 11.3. The fourth-order valence-electron chi connectivity index (χ4n) is 2.04. The van der Waals surface area contributed by atoms with Gasteiger partial charge >= 0.3 is 0 Å². The van der Waals surface area contributed by atoms with Gasteiger partial charge in [0.05, 0.1) is 17.3 Å². The van der Waals surface area contributed by atoms with Gasteiger partial charge in [-0.2, -0.15) is 0 Å². The molecule has 1 atom stereocenters. The van der Waals surface area contributed by atoms with Gasteiger partial charge in [0.25, 0.3) is 0 Å². The number of hydrogen-bond donors (Lipinski definition) is 2. The monoisotopic (exact) mass is 374 g/mol. The predicted octanol–water partition coefficient (Wildman–Crippen LogP) is 2.22. The molecule has 0 aliphatic heterocycles. The van der Waals surface area contributed by atoms with Crippen molar-refractivity contribution >= 4 is 27.1 Å². The first-order valence-corrected chi connectivity index (χ1v) is 11.2. The number of nitrogens with one attached hydrogen (secondary N) is 2. The average Bonchev–Trinajstić information content (AvgIpc) is 2.89. The second kappa shape index (κ2) is 9.98. The van der Waals surface area contributed by atoms with Crippen LogP contribution < -0.4 is 10.6 Å². The highest BCUT2D eigenvalue weighted by Gasteiger charge is 2.10. The number of hydrogen-bond acceptors (Lipinski definition) is 5. The van der Waals surface area contributed by atoms with Crippen molar-refractivity contribution in [1.29, 1.82) is 0 Å². The molecule has 2 N–H and O–H groups in total. The van der Waals surface area contributed by atoms with Crippen molar-refractivity contribution < 1.29 is 8.42 Å². The molecule has 1 aromatic heterocycles. The van der Waals surface area contributed by atoms with Crippen LogP contribution in [0, 0.1) is 5.92 Å². The minimum absolute atomic E-state index is 0.0375. The lowest BCUT2D eigenvalue weighted by Crippen LogP contribution is -2.42. The number of aliphatic imine (C=N–C) groups is 1. The summed E-state index contributed by atoms with van der Waals surface area (Å²) in [7, 11) is -2.94. The van der Waals surface area contributed by atoms with Gasteiger partial charge in [-0.05, 0) is 26.2 Å². The Labute approximate surface area is 150 Å². The van der Waals surface area contributed by atoms with E-state index < -0.39 is 9.84 Å². The van der Waals surface area contributed by atoms with Crippen molar-refractivity contribution in [3.05, 3.63) is 16.1 Å². The highest BCUT2D eigenvalue weighted by atomic mass is 32.2. The Hall–Kier alpha value is -1.15. The van der Waals surface area contributed by atoms with Crippen molar-refractivity contribution in [2.24, 2.45) is 10.9 Å². The number of nitrogens with zero attached hydrogens (tertiary/aromatic N) is 2. The van der Waals surface area contributed by atoms with Gasteiger partial charge in [0.1, 0.15) is 9.84 Å². The molecule has 138 valence electrons. The highest BCUT2D eigenvalue weighted by Crippen LogP contribution is 2.17. The van der Waals surface area contributed by atoms with Gasteiger partial charge in [0, 0.05) is 36.3 Å². The normalized spacial score (nSPS) is 14.0. The van der Waals surface area contributed by atoms with E-state index in [0.717, 1.165) is 22.9 Å². The molecule has 6 nitrogen and oxygen atoms in total. The SMILES string of the molecule is CCNC(=NCc1cnc(CC(C)C)s1)NC(C)CCS(C)(=O)=O. The third kappa shape index (κ3) is 9.22. The predicted molar refractivity (Wildman–Crippen MR) is 102 cm³/mol. The number of aromatic nitrogens is 1. The molecule has 8 heteroatoms. The van der Waals surface area contributed by atoms with Crippen LogP contribution in [0.1, 0.15) is 44.0 Å². The van der Waals surface area contributed by atoms with Gasteiger partial charge in [0.15, 0.2) is 5.96 Å². The summed E-state index contributed by atoms with van der Waals surface area (Å²) in [5, 5.41) is 7.60. The quantitative estimate of drug-likeness (QED) is 0.511. The van der Waals surface area contributed by atoms with Crippen LogP contribution in [0.5, 0.6) is 0 Å². The van der Waals surface area contributed by atoms with Crippen LogP contribution >= 0.6 is 11.3 Å². The summed E-state index contributed by atoms with van der Waals surface area (Å²) in [5.74, 6) is 1.48. The maximum atomic E-state index is 11.3. The lowest BCUT2D eigenvalue weighted by molar-refractivity contribution is 0.581. The second-order valence-corrected chi connectivity index (χ2v) is 9.94. The molecule has 1 heterocycles. The fraction of sp³-hybridized carbons (Fsp3) is 0.750. The first kappa shape index (κ1) is 20.9. The zero-order valence-corrected chi connectivity index (χ0v) is 16.9. The molecule has 0 bridgehead atoms. The minimum Gasteiger partial charge on any atom is -0.357 e. The van der Waals surface area contributed by atoms with Crippen molar-refractivity contribution in [3.63, 3.8) is 0 Å². The van der Waals surface area contributed by atoms with Gasteiger partial charge < -0.3 is 10.6 Å². The van der Waals surface area contributed by atoms with E-state index in [1.165, 1.54) is 6.26 Å². The summed E-state index contributed by atoms with van der Waals surface area (Å²) in [6.07, 6.45) is 4.71. The highest BCUT2D eigenvalue weighted by molar-refractivity contribution is 7.90. The van der Waals surface area contributed by atoms with E-state index in [1.807, 2.05) is 20.0 Å². The Morgan fingerprint density at radius 1 is 1.38 bits per heavy atom. The van der Waals surface area contributed by atoms with E-state index in [-0.39, 0.29) is 11.8 Å². The number of sulfone groups is 1. The summed E-state index contributed by atoms with van der Waals surface area (Å²) < 4.78 is 22.5. The largest absolute Gasteiger partial charge is 0.357 e. The third-order valence-corrected chi connectivity index (χ3v) is 5.21. The first-order chi connectivity index (χ1) is 11.2. The summed E-state index contributed by atoms with van der Waals surface area (Å²) in [6, 6.07) is 0.0375. The lowest BCUT2D eigenvalue weighted by atomic mass is 10.1.